The van der Waals surface area contributed by atoms with Crippen LogP contribution in [0, 0.1) is 5.92 Å². The minimum atomic E-state index is -1.09. The van der Waals surface area contributed by atoms with Crippen molar-refractivity contribution in [1.82, 2.24) is 0 Å². The van der Waals surface area contributed by atoms with Crippen molar-refractivity contribution in [3.8, 4) is 111 Å². The van der Waals surface area contributed by atoms with Crippen LogP contribution in [0.4, 0.5) is 0 Å². The van der Waals surface area contributed by atoms with Gasteiger partial charge in [0.2, 0.25) is 0 Å². The van der Waals surface area contributed by atoms with Crippen molar-refractivity contribution in [2.45, 2.75) is 31.6 Å². The summed E-state index contributed by atoms with van der Waals surface area (Å²) in [5.74, 6) is 3.00. The molecule has 18 rings (SSSR count). The van der Waals surface area contributed by atoms with Crippen molar-refractivity contribution < 1.29 is 0 Å². The Bertz CT molecular complexity index is 5200. The van der Waals surface area contributed by atoms with Gasteiger partial charge < -0.3 is 0 Å². The highest BCUT2D eigenvalue weighted by Gasteiger charge is 2.44. The van der Waals surface area contributed by atoms with E-state index in [9.17, 15) is 0 Å². The lowest BCUT2D eigenvalue weighted by Gasteiger charge is -2.31. The molecule has 1 unspecified atom stereocenters. The van der Waals surface area contributed by atoms with E-state index in [4.69, 9.17) is 0 Å². The van der Waals surface area contributed by atoms with Gasteiger partial charge >= 0.3 is 0 Å². The van der Waals surface area contributed by atoms with Crippen LogP contribution < -0.4 is 0 Å². The molecule has 1 fully saturated rings. The summed E-state index contributed by atoms with van der Waals surface area (Å²) < 4.78 is 0. The Labute approximate surface area is 498 Å². The third-order valence-electron chi connectivity index (χ3n) is 19.8. The number of benzene rings is 14. The second kappa shape index (κ2) is 18.5. The van der Waals surface area contributed by atoms with Crippen molar-refractivity contribution in [2.75, 3.05) is 17.8 Å². The molecule has 0 saturated carbocycles. The molecular weight excluding hydrogens is 1040 g/mol. The van der Waals surface area contributed by atoms with Crippen LogP contribution in [0.2, 0.25) is 0 Å². The first-order valence-electron chi connectivity index (χ1n) is 30.6. The highest BCUT2D eigenvalue weighted by atomic mass is 32.3. The molecule has 1 heterocycles. The van der Waals surface area contributed by atoms with E-state index in [-0.39, 0.29) is 0 Å². The molecule has 14 aromatic rings. The zero-order valence-corrected chi connectivity index (χ0v) is 48.9. The normalized spacial score (nSPS) is 15.5. The van der Waals surface area contributed by atoms with Crippen LogP contribution in [0.5, 0.6) is 0 Å². The molecule has 0 amide bonds. The predicted molar refractivity (Wildman–Crippen MR) is 368 cm³/mol. The van der Waals surface area contributed by atoms with E-state index in [1.807, 2.05) is 0 Å². The highest BCUT2D eigenvalue weighted by molar-refractivity contribution is 8.39. The summed E-state index contributed by atoms with van der Waals surface area (Å²) in [6, 6.07) is 90.4. The molecule has 402 valence electrons. The van der Waals surface area contributed by atoms with Crippen molar-refractivity contribution in [1.29, 1.82) is 0 Å². The van der Waals surface area contributed by atoms with Gasteiger partial charge in [-0.3, -0.25) is 0 Å². The van der Waals surface area contributed by atoms with Crippen molar-refractivity contribution >= 4 is 69.5 Å². The van der Waals surface area contributed by atoms with Gasteiger partial charge in [0.05, 0.1) is 0 Å². The maximum Gasteiger partial charge on any atom is 0.00696 e. The topological polar surface area (TPSA) is 0 Å². The number of rotatable bonds is 9. The van der Waals surface area contributed by atoms with Crippen LogP contribution >= 0.6 is 10.0 Å². The largest absolute Gasteiger partial charge is 0.215 e. The molecule has 1 heteroatoms. The molecule has 85 heavy (non-hydrogen) atoms. The molecule has 0 nitrogen and oxygen atoms in total. The molecule has 1 saturated heterocycles. The second-order valence-electron chi connectivity index (χ2n) is 24.5. The first kappa shape index (κ1) is 48.9. The summed E-state index contributed by atoms with van der Waals surface area (Å²) >= 11 is 0. The fourth-order valence-electron chi connectivity index (χ4n) is 16.1. The Balaban J connectivity index is 0.896. The summed E-state index contributed by atoms with van der Waals surface area (Å²) in [5.41, 5.74) is 30.8. The number of allylic oxidation sites excluding steroid dienone is 4. The summed E-state index contributed by atoms with van der Waals surface area (Å²) in [4.78, 5) is 1.60. The lowest BCUT2D eigenvalue weighted by atomic mass is 9.78. The Morgan fingerprint density at radius 1 is 0.329 bits per heavy atom. The van der Waals surface area contributed by atoms with Crippen LogP contribution in [0.3, 0.4) is 0 Å². The third kappa shape index (κ3) is 6.94. The van der Waals surface area contributed by atoms with Crippen molar-refractivity contribution in [3.05, 3.63) is 266 Å². The van der Waals surface area contributed by atoms with Gasteiger partial charge in [-0.15, -0.1) is 0 Å². The van der Waals surface area contributed by atoms with E-state index in [1.54, 1.807) is 4.90 Å². The van der Waals surface area contributed by atoms with Gasteiger partial charge in [-0.25, -0.2) is 10.0 Å². The highest BCUT2D eigenvalue weighted by Crippen LogP contribution is 2.73. The zero-order valence-electron chi connectivity index (χ0n) is 48.1. The molecule has 14 aromatic carbocycles. The molecule has 1 aliphatic heterocycles. The SMILES string of the molecule is CCc1c(-c2ccccc2)c(-c2ccccc2)c2c(c1-c1ccccc1)-c1ccc(-c3ccc4c5ccc6c7c(ccc(c8cccc3c48)c75)-c3c-6c(C4=CC(C)CC=C4)c(S4(C)CC4)c(-c4ccccc4)c3-c3ccccc3)c3cccc-2c13. The van der Waals surface area contributed by atoms with Crippen LogP contribution in [0.25, 0.3) is 171 Å². The average Bonchev–Trinajstić information content (AvgIpc) is 1.61. The number of fused-ring (bicyclic) bond motifs is 8. The smallest absolute Gasteiger partial charge is 0.00696 e. The van der Waals surface area contributed by atoms with E-state index in [1.165, 1.54) is 193 Å². The van der Waals surface area contributed by atoms with Crippen molar-refractivity contribution in [3.63, 3.8) is 0 Å². The molecule has 0 spiro atoms. The first-order chi connectivity index (χ1) is 42.0. The van der Waals surface area contributed by atoms with E-state index in [0.29, 0.717) is 5.92 Å². The van der Waals surface area contributed by atoms with Gasteiger partial charge in [0.25, 0.3) is 0 Å². The Morgan fingerprint density at radius 3 is 1.26 bits per heavy atom. The second-order valence-corrected chi connectivity index (χ2v) is 28.3. The fraction of sp³-hybridized carbons (Fsp3) is 0.0952. The molecule has 0 aromatic heterocycles. The minimum Gasteiger partial charge on any atom is -0.215 e. The van der Waals surface area contributed by atoms with Crippen LogP contribution in [0.1, 0.15) is 31.4 Å². The van der Waals surface area contributed by atoms with Gasteiger partial charge in [0, 0.05) is 16.0 Å². The fourth-order valence-corrected chi connectivity index (χ4v) is 18.9. The van der Waals surface area contributed by atoms with Gasteiger partial charge in [0.15, 0.2) is 0 Å². The lowest BCUT2D eigenvalue weighted by Crippen LogP contribution is -2.05. The maximum atomic E-state index is 2.62. The molecule has 3 aliphatic carbocycles. The first-order valence-corrected chi connectivity index (χ1v) is 33.0. The number of hydrogen-bond donors (Lipinski definition) is 0. The average molecular weight is 1100 g/mol. The lowest BCUT2D eigenvalue weighted by molar-refractivity contribution is 0.739. The molecule has 0 N–H and O–H groups in total. The van der Waals surface area contributed by atoms with Gasteiger partial charge in [-0.2, -0.15) is 0 Å². The summed E-state index contributed by atoms with van der Waals surface area (Å²) in [7, 11) is -1.09. The monoisotopic (exact) mass is 1100 g/mol. The van der Waals surface area contributed by atoms with E-state index in [0.717, 1.165) is 12.8 Å². The predicted octanol–water partition coefficient (Wildman–Crippen LogP) is 23.5. The van der Waals surface area contributed by atoms with Gasteiger partial charge in [-0.05, 0) is 207 Å². The minimum absolute atomic E-state index is 0.466. The summed E-state index contributed by atoms with van der Waals surface area (Å²) in [5, 5.41) is 13.3. The number of hydrogen-bond acceptors (Lipinski definition) is 0. The van der Waals surface area contributed by atoms with Gasteiger partial charge in [0.1, 0.15) is 0 Å². The van der Waals surface area contributed by atoms with Crippen molar-refractivity contribution in [2.24, 2.45) is 5.92 Å². The molecule has 4 aliphatic rings. The Kier molecular flexibility index (Phi) is 10.6. The van der Waals surface area contributed by atoms with Crippen LogP contribution in [0.15, 0.2) is 260 Å². The summed E-state index contributed by atoms with van der Waals surface area (Å²) in [6.45, 7) is 4.74. The zero-order chi connectivity index (χ0) is 56.2. The maximum absolute atomic E-state index is 2.62. The quantitative estimate of drug-likeness (QED) is 0.0768. The van der Waals surface area contributed by atoms with E-state index in [2.05, 4.69) is 275 Å². The molecule has 0 radical (unpaired) electrons. The van der Waals surface area contributed by atoms with Crippen LogP contribution in [-0.2, 0) is 6.42 Å². The Morgan fingerprint density at radius 2 is 0.718 bits per heavy atom. The standard InChI is InChI=1S/C84H60S/c1-4-57-70(51-24-10-5-11-25-51)72(53-28-14-7-15-29-53)81-66-38-22-36-61-59(40-44-67(77(61)66)80(81)71(57)52-26-12-6-13-27-52)58-39-41-63-65-43-46-69-79-68(45-42-64(78(65)79)62-37-21-35-60(58)76(62)63)82-73(54-30-16-8-17-31-54)74(55-32-18-9-19-33-55)84(85(3)47-48-85)75(83(69)82)56-34-20-23-50(2)49-56/h5-22,24-46,49-50H,4,23,47-48H2,1-3H3. The van der Waals surface area contributed by atoms with E-state index < -0.39 is 10.0 Å². The third-order valence-corrected chi connectivity index (χ3v) is 22.8. The van der Waals surface area contributed by atoms with Gasteiger partial charge in [-0.1, -0.05) is 269 Å². The molecule has 1 atom stereocenters. The van der Waals surface area contributed by atoms with E-state index >= 15 is 0 Å². The summed E-state index contributed by atoms with van der Waals surface area (Å²) in [6.07, 6.45) is 12.1. The van der Waals surface area contributed by atoms with Crippen LogP contribution in [-0.4, -0.2) is 17.8 Å². The Hall–Kier alpha value is -9.53. The molecular formula is C84H60S. The molecule has 0 bridgehead atoms.